The molecule has 0 saturated heterocycles. The summed E-state index contributed by atoms with van der Waals surface area (Å²) in [6, 6.07) is 1.76. The van der Waals surface area contributed by atoms with Gasteiger partial charge < -0.3 is 15.5 Å². The number of aryl methyl sites for hydroxylation is 2. The van der Waals surface area contributed by atoms with E-state index in [0.29, 0.717) is 23.8 Å². The van der Waals surface area contributed by atoms with Gasteiger partial charge in [0, 0.05) is 18.8 Å². The summed E-state index contributed by atoms with van der Waals surface area (Å²) in [4.78, 5) is 15.5. The predicted octanol–water partition coefficient (Wildman–Crippen LogP) is 2.61. The molecular formula is C15H24N2O3. The number of aliphatic hydroxyl groups is 1. The summed E-state index contributed by atoms with van der Waals surface area (Å²) in [5.74, 6) is -0.618. The van der Waals surface area contributed by atoms with Gasteiger partial charge in [-0.2, -0.15) is 0 Å². The van der Waals surface area contributed by atoms with Gasteiger partial charge in [-0.3, -0.25) is 4.98 Å². The van der Waals surface area contributed by atoms with Crippen molar-refractivity contribution in [3.05, 3.63) is 23.0 Å². The third-order valence-corrected chi connectivity index (χ3v) is 3.36. The summed E-state index contributed by atoms with van der Waals surface area (Å²) < 4.78 is 0. The maximum Gasteiger partial charge on any atom is 0.339 e. The van der Waals surface area contributed by atoms with Crippen molar-refractivity contribution in [3.8, 4) is 0 Å². The molecule has 0 spiro atoms. The highest BCUT2D eigenvalue weighted by Gasteiger charge is 2.16. The molecule has 0 aliphatic carbocycles. The van der Waals surface area contributed by atoms with Crippen LogP contribution in [0.1, 0.15) is 47.9 Å². The zero-order valence-electron chi connectivity index (χ0n) is 12.4. The Morgan fingerprint density at radius 2 is 2.10 bits per heavy atom. The number of anilines is 1. The number of pyridine rings is 1. The van der Waals surface area contributed by atoms with Gasteiger partial charge in [0.05, 0.1) is 11.4 Å². The molecule has 1 aromatic rings. The van der Waals surface area contributed by atoms with E-state index in [1.54, 1.807) is 13.0 Å². The predicted molar refractivity (Wildman–Crippen MR) is 79.3 cm³/mol. The van der Waals surface area contributed by atoms with Crippen molar-refractivity contribution >= 4 is 11.7 Å². The molecule has 0 amide bonds. The fraction of sp³-hybridized carbons (Fsp3) is 0.600. The first kappa shape index (κ1) is 16.4. The molecule has 0 bridgehead atoms. The number of nitrogens with zero attached hydrogens (tertiary/aromatic N) is 1. The molecule has 0 saturated carbocycles. The van der Waals surface area contributed by atoms with E-state index >= 15 is 0 Å². The van der Waals surface area contributed by atoms with Gasteiger partial charge in [-0.15, -0.1) is 0 Å². The van der Waals surface area contributed by atoms with Gasteiger partial charge in [-0.25, -0.2) is 4.79 Å². The van der Waals surface area contributed by atoms with E-state index in [2.05, 4.69) is 17.2 Å². The molecule has 112 valence electrons. The number of carboxylic acid groups (broad SMARTS) is 1. The zero-order chi connectivity index (χ0) is 15.1. The molecule has 0 fully saturated rings. The van der Waals surface area contributed by atoms with E-state index in [1.165, 1.54) is 0 Å². The summed E-state index contributed by atoms with van der Waals surface area (Å²) >= 11 is 0. The lowest BCUT2D eigenvalue weighted by Gasteiger charge is -2.18. The van der Waals surface area contributed by atoms with Gasteiger partial charge >= 0.3 is 5.97 Å². The minimum absolute atomic E-state index is 0.159. The maximum absolute atomic E-state index is 11.3. The minimum atomic E-state index is -0.966. The number of aromatic nitrogens is 1. The second-order valence-corrected chi connectivity index (χ2v) is 5.12. The van der Waals surface area contributed by atoms with Crippen molar-refractivity contribution < 1.29 is 15.0 Å². The van der Waals surface area contributed by atoms with Gasteiger partial charge in [0.15, 0.2) is 0 Å². The molecule has 1 aromatic heterocycles. The van der Waals surface area contributed by atoms with Crippen LogP contribution >= 0.6 is 0 Å². The molecule has 0 aliphatic heterocycles. The number of aliphatic hydroxyl groups excluding tert-OH is 1. The van der Waals surface area contributed by atoms with E-state index in [1.807, 2.05) is 6.92 Å². The summed E-state index contributed by atoms with van der Waals surface area (Å²) in [6.07, 6.45) is 2.79. The fourth-order valence-corrected chi connectivity index (χ4v) is 2.43. The Bertz CT molecular complexity index is 455. The molecule has 1 heterocycles. The Morgan fingerprint density at radius 1 is 1.40 bits per heavy atom. The Labute approximate surface area is 120 Å². The lowest BCUT2D eigenvalue weighted by atomic mass is 10.00. The van der Waals surface area contributed by atoms with E-state index in [4.69, 9.17) is 5.11 Å². The van der Waals surface area contributed by atoms with Gasteiger partial charge in [-0.05, 0) is 38.7 Å². The molecule has 1 rings (SSSR count). The van der Waals surface area contributed by atoms with Gasteiger partial charge in [0.25, 0.3) is 0 Å². The van der Waals surface area contributed by atoms with Crippen LogP contribution in [0, 0.1) is 19.8 Å². The SMILES string of the molecule is CCCC(CCO)CNc1cc(C)nc(C)c1C(=O)O. The van der Waals surface area contributed by atoms with Crippen molar-refractivity contribution in [2.24, 2.45) is 5.92 Å². The number of aromatic carboxylic acids is 1. The van der Waals surface area contributed by atoms with Crippen LogP contribution in [0.5, 0.6) is 0 Å². The highest BCUT2D eigenvalue weighted by molar-refractivity contribution is 5.95. The first-order valence-corrected chi connectivity index (χ1v) is 7.05. The molecule has 5 heteroatoms. The van der Waals surface area contributed by atoms with Gasteiger partial charge in [0.2, 0.25) is 0 Å². The smallest absolute Gasteiger partial charge is 0.339 e. The zero-order valence-corrected chi connectivity index (χ0v) is 12.4. The average Bonchev–Trinajstić information content (AvgIpc) is 2.35. The summed E-state index contributed by atoms with van der Waals surface area (Å²) in [7, 11) is 0. The van der Waals surface area contributed by atoms with Crippen LogP contribution in [0.3, 0.4) is 0 Å². The molecule has 1 unspecified atom stereocenters. The molecule has 0 aliphatic rings. The monoisotopic (exact) mass is 280 g/mol. The lowest BCUT2D eigenvalue weighted by Crippen LogP contribution is -2.18. The van der Waals surface area contributed by atoms with Crippen molar-refractivity contribution in [3.63, 3.8) is 0 Å². The summed E-state index contributed by atoms with van der Waals surface area (Å²) in [5, 5.41) is 21.6. The fourth-order valence-electron chi connectivity index (χ4n) is 2.43. The normalized spacial score (nSPS) is 12.2. The van der Waals surface area contributed by atoms with Gasteiger partial charge in [-0.1, -0.05) is 13.3 Å². The number of rotatable bonds is 8. The third kappa shape index (κ3) is 4.49. The number of carbonyl (C=O) groups is 1. The van der Waals surface area contributed by atoms with Crippen molar-refractivity contribution in [2.75, 3.05) is 18.5 Å². The molecule has 5 nitrogen and oxygen atoms in total. The Balaban J connectivity index is 2.87. The molecule has 3 N–H and O–H groups in total. The maximum atomic E-state index is 11.3. The van der Waals surface area contributed by atoms with Crippen LogP contribution in [0.15, 0.2) is 6.07 Å². The van der Waals surface area contributed by atoms with Crippen LogP contribution in [-0.4, -0.2) is 34.3 Å². The Kier molecular flexibility index (Phi) is 6.45. The summed E-state index contributed by atoms with van der Waals surface area (Å²) in [6.45, 7) is 6.48. The van der Waals surface area contributed by atoms with Crippen LogP contribution in [0.2, 0.25) is 0 Å². The largest absolute Gasteiger partial charge is 0.478 e. The van der Waals surface area contributed by atoms with Gasteiger partial charge in [0.1, 0.15) is 5.56 Å². The van der Waals surface area contributed by atoms with E-state index < -0.39 is 5.97 Å². The number of hydrogen-bond acceptors (Lipinski definition) is 4. The quantitative estimate of drug-likeness (QED) is 0.682. The van der Waals surface area contributed by atoms with Crippen LogP contribution in [-0.2, 0) is 0 Å². The van der Waals surface area contributed by atoms with Crippen molar-refractivity contribution in [2.45, 2.75) is 40.0 Å². The lowest BCUT2D eigenvalue weighted by molar-refractivity contribution is 0.0696. The topological polar surface area (TPSA) is 82.5 Å². The standard InChI is InChI=1S/C15H24N2O3/c1-4-5-12(6-7-18)9-16-13-8-10(2)17-11(3)14(13)15(19)20/h8,12,18H,4-7,9H2,1-3H3,(H,16,17)(H,19,20). The molecular weight excluding hydrogens is 256 g/mol. The van der Waals surface area contributed by atoms with Crippen molar-refractivity contribution in [1.29, 1.82) is 0 Å². The van der Waals surface area contributed by atoms with Crippen LogP contribution in [0.4, 0.5) is 5.69 Å². The first-order valence-electron chi connectivity index (χ1n) is 7.05. The second-order valence-electron chi connectivity index (χ2n) is 5.12. The van der Waals surface area contributed by atoms with Crippen LogP contribution in [0.25, 0.3) is 0 Å². The first-order chi connectivity index (χ1) is 9.49. The molecule has 20 heavy (non-hydrogen) atoms. The highest BCUT2D eigenvalue weighted by Crippen LogP contribution is 2.21. The Morgan fingerprint density at radius 3 is 2.65 bits per heavy atom. The summed E-state index contributed by atoms with van der Waals surface area (Å²) in [5.41, 5.74) is 2.16. The second kappa shape index (κ2) is 7.85. The van der Waals surface area contributed by atoms with Crippen LogP contribution < -0.4 is 5.32 Å². The molecule has 0 radical (unpaired) electrons. The Hall–Kier alpha value is -1.62. The highest BCUT2D eigenvalue weighted by atomic mass is 16.4. The minimum Gasteiger partial charge on any atom is -0.478 e. The van der Waals surface area contributed by atoms with Crippen molar-refractivity contribution in [1.82, 2.24) is 4.98 Å². The third-order valence-electron chi connectivity index (χ3n) is 3.36. The molecule has 0 aromatic carbocycles. The van der Waals surface area contributed by atoms with E-state index in [-0.39, 0.29) is 12.2 Å². The van der Waals surface area contributed by atoms with E-state index in [0.717, 1.165) is 25.0 Å². The number of carboxylic acids is 1. The van der Waals surface area contributed by atoms with E-state index in [9.17, 15) is 9.90 Å². The number of nitrogens with one attached hydrogen (secondary N) is 1. The number of hydrogen-bond donors (Lipinski definition) is 3. The average molecular weight is 280 g/mol. The molecule has 1 atom stereocenters.